The Balaban J connectivity index is 1.72. The van der Waals surface area contributed by atoms with Crippen LogP contribution in [0.25, 0.3) is 0 Å². The molecule has 1 saturated carbocycles. The summed E-state index contributed by atoms with van der Waals surface area (Å²) in [6.07, 6.45) is -1.64. The third-order valence-electron chi connectivity index (χ3n) is 5.20. The van der Waals surface area contributed by atoms with Crippen molar-refractivity contribution < 1.29 is 31.8 Å². The minimum absolute atomic E-state index is 0.0102. The fraction of sp³-hybridized carbons (Fsp3) is 0.368. The first-order chi connectivity index (χ1) is 14.3. The average Bonchev–Trinajstić information content (AvgIpc) is 3.49. The quantitative estimate of drug-likeness (QED) is 0.565. The second-order valence-electron chi connectivity index (χ2n) is 7.06. The van der Waals surface area contributed by atoms with Crippen molar-refractivity contribution in [3.8, 4) is 5.88 Å². The first kappa shape index (κ1) is 20.0. The SMILES string of the molecule is COc1cnc(C(=O)Cc2cc(F)c(F)c([C@@]3(C(F)F)N=C(N)O[C@@H]4C[C@@H]43)c2)cn1. The molecule has 2 N–H and O–H groups in total. The first-order valence-corrected chi connectivity index (χ1v) is 8.94. The molecule has 11 heteroatoms. The molecule has 1 aliphatic carbocycles. The minimum atomic E-state index is -3.16. The fourth-order valence-corrected chi connectivity index (χ4v) is 3.68. The Bertz CT molecular complexity index is 1030. The summed E-state index contributed by atoms with van der Waals surface area (Å²) in [5.41, 5.74) is 2.43. The van der Waals surface area contributed by atoms with Gasteiger partial charge in [0.05, 0.1) is 19.5 Å². The number of carbonyl (C=O) groups excluding carboxylic acids is 1. The molecule has 0 unspecified atom stereocenters. The van der Waals surface area contributed by atoms with Gasteiger partial charge in [0.15, 0.2) is 23.0 Å². The van der Waals surface area contributed by atoms with Crippen molar-refractivity contribution in [3.63, 3.8) is 0 Å². The molecule has 1 fully saturated rings. The smallest absolute Gasteiger partial charge is 0.283 e. The van der Waals surface area contributed by atoms with Gasteiger partial charge in [-0.25, -0.2) is 32.5 Å². The number of rotatable bonds is 6. The molecular weight excluding hydrogens is 408 g/mol. The van der Waals surface area contributed by atoms with Crippen LogP contribution in [0.5, 0.6) is 5.88 Å². The highest BCUT2D eigenvalue weighted by Crippen LogP contribution is 2.56. The molecule has 0 amide bonds. The summed E-state index contributed by atoms with van der Waals surface area (Å²) in [5.74, 6) is -4.05. The molecule has 30 heavy (non-hydrogen) atoms. The molecule has 0 radical (unpaired) electrons. The van der Waals surface area contributed by atoms with Gasteiger partial charge in [-0.2, -0.15) is 0 Å². The number of amidine groups is 1. The lowest BCUT2D eigenvalue weighted by Crippen LogP contribution is -2.43. The van der Waals surface area contributed by atoms with Crippen LogP contribution >= 0.6 is 0 Å². The van der Waals surface area contributed by atoms with Crippen molar-refractivity contribution in [2.24, 2.45) is 16.6 Å². The molecule has 2 aromatic rings. The maximum atomic E-state index is 14.7. The largest absolute Gasteiger partial charge is 0.480 e. The second-order valence-corrected chi connectivity index (χ2v) is 7.06. The molecule has 1 aromatic carbocycles. The zero-order valence-corrected chi connectivity index (χ0v) is 15.6. The molecule has 2 heterocycles. The monoisotopic (exact) mass is 424 g/mol. The molecule has 4 rings (SSSR count). The Labute approximate surface area is 167 Å². The van der Waals surface area contributed by atoms with Gasteiger partial charge in [0, 0.05) is 17.9 Å². The van der Waals surface area contributed by atoms with Crippen molar-refractivity contribution >= 4 is 11.8 Å². The van der Waals surface area contributed by atoms with Crippen LogP contribution < -0.4 is 10.5 Å². The zero-order valence-electron chi connectivity index (χ0n) is 15.6. The Morgan fingerprint density at radius 2 is 2.10 bits per heavy atom. The molecule has 0 saturated heterocycles. The molecule has 2 aliphatic rings. The highest BCUT2D eigenvalue weighted by molar-refractivity contribution is 5.95. The van der Waals surface area contributed by atoms with Crippen molar-refractivity contribution in [1.82, 2.24) is 9.97 Å². The Hall–Kier alpha value is -3.24. The molecule has 158 valence electrons. The Morgan fingerprint density at radius 3 is 2.73 bits per heavy atom. The summed E-state index contributed by atoms with van der Waals surface area (Å²) in [7, 11) is 1.38. The van der Waals surface area contributed by atoms with E-state index in [0.717, 1.165) is 12.1 Å². The number of aromatic nitrogens is 2. The number of hydrogen-bond acceptors (Lipinski definition) is 7. The number of halogens is 4. The molecule has 3 atom stereocenters. The number of nitrogens with two attached hydrogens (primary N) is 1. The summed E-state index contributed by atoms with van der Waals surface area (Å²) in [4.78, 5) is 23.9. The van der Waals surface area contributed by atoms with Crippen LogP contribution in [0, 0.1) is 17.6 Å². The number of ketones is 1. The first-order valence-electron chi connectivity index (χ1n) is 8.94. The van der Waals surface area contributed by atoms with E-state index in [4.69, 9.17) is 15.2 Å². The Kier molecular flexibility index (Phi) is 4.83. The number of nitrogens with zero attached hydrogens (tertiary/aromatic N) is 3. The van der Waals surface area contributed by atoms with Crippen molar-refractivity contribution in [1.29, 1.82) is 0 Å². The van der Waals surface area contributed by atoms with Crippen LogP contribution in [0.3, 0.4) is 0 Å². The lowest BCUT2D eigenvalue weighted by molar-refractivity contribution is 0.0172. The van der Waals surface area contributed by atoms with Crippen LogP contribution in [0.2, 0.25) is 0 Å². The van der Waals surface area contributed by atoms with Crippen LogP contribution in [0.15, 0.2) is 29.5 Å². The number of ether oxygens (including phenoxy) is 2. The van der Waals surface area contributed by atoms with E-state index in [2.05, 4.69) is 15.0 Å². The van der Waals surface area contributed by atoms with Gasteiger partial charge in [-0.05, 0) is 24.1 Å². The number of alkyl halides is 2. The molecule has 1 aliphatic heterocycles. The molecule has 0 bridgehead atoms. The molecular formula is C19H16F4N4O3. The van der Waals surface area contributed by atoms with Gasteiger partial charge >= 0.3 is 0 Å². The molecule has 0 spiro atoms. The van der Waals surface area contributed by atoms with Crippen LogP contribution in [0.4, 0.5) is 17.6 Å². The van der Waals surface area contributed by atoms with E-state index in [-0.39, 0.29) is 23.6 Å². The number of benzene rings is 1. The summed E-state index contributed by atoms with van der Waals surface area (Å²) in [6, 6.07) is 1.30. The van der Waals surface area contributed by atoms with Gasteiger partial charge in [0.1, 0.15) is 11.8 Å². The van der Waals surface area contributed by atoms with E-state index in [0.29, 0.717) is 0 Å². The van der Waals surface area contributed by atoms with Crippen molar-refractivity contribution in [2.75, 3.05) is 7.11 Å². The third kappa shape index (κ3) is 3.23. The van der Waals surface area contributed by atoms with Crippen LogP contribution in [-0.2, 0) is 16.7 Å². The number of carbonyl (C=O) groups is 1. The molecule has 7 nitrogen and oxygen atoms in total. The summed E-state index contributed by atoms with van der Waals surface area (Å²) < 4.78 is 67.3. The van der Waals surface area contributed by atoms with Gasteiger partial charge in [-0.3, -0.25) is 4.79 Å². The molecule has 1 aromatic heterocycles. The van der Waals surface area contributed by atoms with Crippen molar-refractivity contribution in [3.05, 3.63) is 53.0 Å². The van der Waals surface area contributed by atoms with Gasteiger partial charge < -0.3 is 15.2 Å². The number of aliphatic imine (C=N–C) groups is 1. The van der Waals surface area contributed by atoms with Gasteiger partial charge in [-0.1, -0.05) is 0 Å². The number of hydrogen-bond donors (Lipinski definition) is 1. The maximum absolute atomic E-state index is 14.7. The number of Topliss-reactive ketones (excluding diaryl/α,β-unsaturated/α-hetero) is 1. The predicted molar refractivity (Wildman–Crippen MR) is 95.3 cm³/mol. The highest BCUT2D eigenvalue weighted by atomic mass is 19.3. The fourth-order valence-electron chi connectivity index (χ4n) is 3.68. The van der Waals surface area contributed by atoms with E-state index in [9.17, 15) is 22.4 Å². The average molecular weight is 424 g/mol. The summed E-state index contributed by atoms with van der Waals surface area (Å²) in [6.45, 7) is 0. The van der Waals surface area contributed by atoms with Gasteiger partial charge in [0.25, 0.3) is 12.4 Å². The third-order valence-corrected chi connectivity index (χ3v) is 5.20. The van der Waals surface area contributed by atoms with Crippen molar-refractivity contribution in [2.45, 2.75) is 30.9 Å². The number of methoxy groups -OCH3 is 1. The summed E-state index contributed by atoms with van der Waals surface area (Å²) >= 11 is 0. The normalized spacial score (nSPS) is 24.7. The topological polar surface area (TPSA) is 99.7 Å². The second kappa shape index (κ2) is 7.22. The Morgan fingerprint density at radius 1 is 1.33 bits per heavy atom. The lowest BCUT2D eigenvalue weighted by Gasteiger charge is -2.33. The van der Waals surface area contributed by atoms with Gasteiger partial charge in [0.2, 0.25) is 5.88 Å². The van der Waals surface area contributed by atoms with Gasteiger partial charge in [-0.15, -0.1) is 0 Å². The van der Waals surface area contributed by atoms with E-state index < -0.39 is 59.4 Å². The maximum Gasteiger partial charge on any atom is 0.283 e. The van der Waals surface area contributed by atoms with E-state index in [1.54, 1.807) is 0 Å². The summed E-state index contributed by atoms with van der Waals surface area (Å²) in [5, 5.41) is 0. The highest BCUT2D eigenvalue weighted by Gasteiger charge is 2.64. The number of fused-ring (bicyclic) bond motifs is 1. The van der Waals surface area contributed by atoms with E-state index in [1.807, 2.05) is 0 Å². The van der Waals surface area contributed by atoms with E-state index in [1.165, 1.54) is 19.5 Å². The van der Waals surface area contributed by atoms with Crippen LogP contribution in [-0.4, -0.2) is 41.4 Å². The minimum Gasteiger partial charge on any atom is -0.480 e. The van der Waals surface area contributed by atoms with Crippen LogP contribution in [0.1, 0.15) is 28.0 Å². The standard InChI is InChI=1S/C19H16F4N4O3/c1-29-15-7-25-12(6-26-15)13(28)4-8-2-10(16(21)11(20)3-8)19(17(22)23)9-5-14(9)30-18(24)27-19/h2-3,6-7,9,14,17H,4-5H2,1H3,(H2,24,27)/t9-,14+,19-/m0/s1. The zero-order chi connectivity index (χ0) is 21.6. The lowest BCUT2D eigenvalue weighted by atomic mass is 9.83. The van der Waals surface area contributed by atoms with E-state index >= 15 is 0 Å². The predicted octanol–water partition coefficient (Wildman–Crippen LogP) is 2.38.